The Hall–Kier alpha value is -1.50. The van der Waals surface area contributed by atoms with E-state index in [1.807, 2.05) is 16.8 Å². The standard InChI is InChI=1S/C17H23ClN6/c1-13(15-4-2-3-5-16(15)18)23-10-8-22(9-11-23)12-17-19-20-21-24(17)14-6-7-14/h2-5,13-14H,6-12H2,1H3. The van der Waals surface area contributed by atoms with Gasteiger partial charge in [0, 0.05) is 37.2 Å². The lowest BCUT2D eigenvalue weighted by Crippen LogP contribution is -2.47. The van der Waals surface area contributed by atoms with Crippen molar-refractivity contribution in [2.45, 2.75) is 38.4 Å². The van der Waals surface area contributed by atoms with Gasteiger partial charge in [0.05, 0.1) is 12.6 Å². The molecule has 0 amide bonds. The van der Waals surface area contributed by atoms with Crippen LogP contribution in [0.15, 0.2) is 24.3 Å². The fourth-order valence-corrected chi connectivity index (χ4v) is 3.73. The van der Waals surface area contributed by atoms with Gasteiger partial charge in [0.2, 0.25) is 0 Å². The number of tetrazole rings is 1. The Morgan fingerprint density at radius 3 is 2.62 bits per heavy atom. The third-order valence-electron chi connectivity index (χ3n) is 5.13. The van der Waals surface area contributed by atoms with Gasteiger partial charge in [-0.3, -0.25) is 9.80 Å². The number of hydrogen-bond donors (Lipinski definition) is 0. The molecule has 4 rings (SSSR count). The van der Waals surface area contributed by atoms with Crippen molar-refractivity contribution in [3.8, 4) is 0 Å². The van der Waals surface area contributed by atoms with E-state index in [4.69, 9.17) is 11.6 Å². The maximum absolute atomic E-state index is 6.35. The van der Waals surface area contributed by atoms with E-state index >= 15 is 0 Å². The molecular weight excluding hydrogens is 324 g/mol. The second-order valence-electron chi connectivity index (χ2n) is 6.78. The average molecular weight is 347 g/mol. The van der Waals surface area contributed by atoms with Gasteiger partial charge in [-0.15, -0.1) is 5.10 Å². The van der Waals surface area contributed by atoms with E-state index in [0.717, 1.165) is 43.6 Å². The normalized spacial score (nSPS) is 21.1. The lowest BCUT2D eigenvalue weighted by molar-refractivity contribution is 0.0951. The van der Waals surface area contributed by atoms with E-state index in [1.54, 1.807) is 0 Å². The third kappa shape index (κ3) is 3.31. The van der Waals surface area contributed by atoms with Crippen LogP contribution in [-0.2, 0) is 6.54 Å². The molecule has 1 atom stereocenters. The summed E-state index contributed by atoms with van der Waals surface area (Å²) in [6.45, 7) is 7.23. The quantitative estimate of drug-likeness (QED) is 0.832. The van der Waals surface area contributed by atoms with E-state index in [1.165, 1.54) is 18.4 Å². The zero-order valence-electron chi connectivity index (χ0n) is 14.0. The summed E-state index contributed by atoms with van der Waals surface area (Å²) in [6.07, 6.45) is 2.42. The highest BCUT2D eigenvalue weighted by Gasteiger charge is 2.29. The molecule has 2 heterocycles. The molecule has 7 heteroatoms. The van der Waals surface area contributed by atoms with Gasteiger partial charge in [0.15, 0.2) is 5.82 Å². The van der Waals surface area contributed by atoms with Crippen molar-refractivity contribution in [3.63, 3.8) is 0 Å². The molecule has 1 aliphatic carbocycles. The predicted octanol–water partition coefficient (Wildman–Crippen LogP) is 2.54. The van der Waals surface area contributed by atoms with Crippen molar-refractivity contribution >= 4 is 11.6 Å². The predicted molar refractivity (Wildman–Crippen MR) is 92.8 cm³/mol. The molecule has 24 heavy (non-hydrogen) atoms. The van der Waals surface area contributed by atoms with Gasteiger partial charge in [0.1, 0.15) is 0 Å². The largest absolute Gasteiger partial charge is 0.294 e. The van der Waals surface area contributed by atoms with E-state index in [9.17, 15) is 0 Å². The van der Waals surface area contributed by atoms with Gasteiger partial charge in [-0.2, -0.15) is 0 Å². The molecule has 0 radical (unpaired) electrons. The number of halogens is 1. The Morgan fingerprint density at radius 1 is 1.17 bits per heavy atom. The molecule has 0 N–H and O–H groups in total. The third-order valence-corrected chi connectivity index (χ3v) is 5.47. The molecule has 1 aromatic heterocycles. The van der Waals surface area contributed by atoms with E-state index in [0.29, 0.717) is 12.1 Å². The number of benzene rings is 1. The monoisotopic (exact) mass is 346 g/mol. The minimum atomic E-state index is 0.345. The SMILES string of the molecule is CC(c1ccccc1Cl)N1CCN(Cc2nnnn2C2CC2)CC1. The second-order valence-corrected chi connectivity index (χ2v) is 7.19. The molecule has 1 aromatic carbocycles. The van der Waals surface area contributed by atoms with Gasteiger partial charge >= 0.3 is 0 Å². The van der Waals surface area contributed by atoms with Crippen LogP contribution >= 0.6 is 11.6 Å². The minimum absolute atomic E-state index is 0.345. The molecule has 1 saturated heterocycles. The molecular formula is C17H23ClN6. The number of aromatic nitrogens is 4. The van der Waals surface area contributed by atoms with Crippen LogP contribution < -0.4 is 0 Å². The first kappa shape index (κ1) is 16.0. The molecule has 6 nitrogen and oxygen atoms in total. The first-order valence-corrected chi connectivity index (χ1v) is 9.08. The van der Waals surface area contributed by atoms with Crippen molar-refractivity contribution in [2.75, 3.05) is 26.2 Å². The van der Waals surface area contributed by atoms with E-state index < -0.39 is 0 Å². The topological polar surface area (TPSA) is 50.1 Å². The first-order valence-electron chi connectivity index (χ1n) is 8.70. The second kappa shape index (κ2) is 6.78. The van der Waals surface area contributed by atoms with Crippen molar-refractivity contribution in [2.24, 2.45) is 0 Å². The summed E-state index contributed by atoms with van der Waals surface area (Å²) in [7, 11) is 0. The van der Waals surface area contributed by atoms with Crippen LogP contribution in [0, 0.1) is 0 Å². The van der Waals surface area contributed by atoms with Gasteiger partial charge in [-0.1, -0.05) is 29.8 Å². The number of hydrogen-bond acceptors (Lipinski definition) is 5. The van der Waals surface area contributed by atoms with Crippen LogP contribution in [0.4, 0.5) is 0 Å². The Labute approximate surface area is 147 Å². The zero-order chi connectivity index (χ0) is 16.5. The summed E-state index contributed by atoms with van der Waals surface area (Å²) >= 11 is 6.35. The highest BCUT2D eigenvalue weighted by molar-refractivity contribution is 6.31. The molecule has 1 unspecified atom stereocenters. The Balaban J connectivity index is 1.35. The summed E-state index contributed by atoms with van der Waals surface area (Å²) < 4.78 is 2.01. The average Bonchev–Trinajstić information content (AvgIpc) is 3.35. The Bertz CT molecular complexity index is 690. The number of nitrogens with zero attached hydrogens (tertiary/aromatic N) is 6. The summed E-state index contributed by atoms with van der Waals surface area (Å²) in [5, 5.41) is 13.1. The van der Waals surface area contributed by atoms with E-state index in [-0.39, 0.29) is 0 Å². The van der Waals surface area contributed by atoms with Crippen LogP contribution in [0.3, 0.4) is 0 Å². The van der Waals surface area contributed by atoms with Crippen LogP contribution in [-0.4, -0.2) is 56.2 Å². The molecule has 0 spiro atoms. The maximum Gasteiger partial charge on any atom is 0.165 e. The van der Waals surface area contributed by atoms with Crippen LogP contribution in [0.25, 0.3) is 0 Å². The fourth-order valence-electron chi connectivity index (χ4n) is 3.44. The van der Waals surface area contributed by atoms with Crippen LogP contribution in [0.1, 0.15) is 43.2 Å². The Kier molecular flexibility index (Phi) is 4.52. The molecule has 2 fully saturated rings. The van der Waals surface area contributed by atoms with Gasteiger partial charge in [-0.25, -0.2) is 4.68 Å². The fraction of sp³-hybridized carbons (Fsp3) is 0.588. The maximum atomic E-state index is 6.35. The van der Waals surface area contributed by atoms with Crippen molar-refractivity contribution < 1.29 is 0 Å². The highest BCUT2D eigenvalue weighted by atomic mass is 35.5. The number of rotatable bonds is 5. The van der Waals surface area contributed by atoms with Crippen LogP contribution in [0.5, 0.6) is 0 Å². The molecule has 2 aromatic rings. The van der Waals surface area contributed by atoms with Crippen molar-refractivity contribution in [1.29, 1.82) is 0 Å². The smallest absolute Gasteiger partial charge is 0.165 e. The molecule has 1 aliphatic heterocycles. The molecule has 0 bridgehead atoms. The number of piperazine rings is 1. The summed E-state index contributed by atoms with van der Waals surface area (Å²) in [5.74, 6) is 1.00. The lowest BCUT2D eigenvalue weighted by Gasteiger charge is -2.38. The van der Waals surface area contributed by atoms with Crippen molar-refractivity contribution in [1.82, 2.24) is 30.0 Å². The van der Waals surface area contributed by atoms with Gasteiger partial charge in [-0.05, 0) is 41.8 Å². The zero-order valence-corrected chi connectivity index (χ0v) is 14.7. The minimum Gasteiger partial charge on any atom is -0.294 e. The van der Waals surface area contributed by atoms with Crippen LogP contribution in [0.2, 0.25) is 5.02 Å². The first-order chi connectivity index (χ1) is 11.7. The van der Waals surface area contributed by atoms with Crippen molar-refractivity contribution in [3.05, 3.63) is 40.7 Å². The molecule has 128 valence electrons. The lowest BCUT2D eigenvalue weighted by atomic mass is 10.1. The summed E-state index contributed by atoms with van der Waals surface area (Å²) in [5.41, 5.74) is 1.21. The summed E-state index contributed by atoms with van der Waals surface area (Å²) in [6, 6.07) is 9.03. The van der Waals surface area contributed by atoms with E-state index in [2.05, 4.69) is 44.4 Å². The molecule has 2 aliphatic rings. The Morgan fingerprint density at radius 2 is 1.92 bits per heavy atom. The summed E-state index contributed by atoms with van der Waals surface area (Å²) in [4.78, 5) is 4.95. The van der Waals surface area contributed by atoms with Gasteiger partial charge < -0.3 is 0 Å². The highest BCUT2D eigenvalue weighted by Crippen LogP contribution is 2.34. The molecule has 1 saturated carbocycles. The van der Waals surface area contributed by atoms with Gasteiger partial charge in [0.25, 0.3) is 0 Å².